The summed E-state index contributed by atoms with van der Waals surface area (Å²) in [7, 11) is 0. The van der Waals surface area contributed by atoms with E-state index in [0.29, 0.717) is 0 Å². The molecule has 114 valence electrons. The first-order chi connectivity index (χ1) is 11.9. The number of benzene rings is 2. The number of hydrogen-bond donors (Lipinski definition) is 0. The molecule has 4 heteroatoms. The van der Waals surface area contributed by atoms with Crippen molar-refractivity contribution in [1.82, 2.24) is 20.4 Å². The lowest BCUT2D eigenvalue weighted by atomic mass is 9.98. The molecule has 0 aliphatic heterocycles. The largest absolute Gasteiger partial charge is 0.264 e. The molecule has 4 rings (SSSR count). The Hall–Kier alpha value is -3.40. The first kappa shape index (κ1) is 14.2. The van der Waals surface area contributed by atoms with Gasteiger partial charge in [-0.15, -0.1) is 10.2 Å². The van der Waals surface area contributed by atoms with Crippen LogP contribution in [0.5, 0.6) is 0 Å². The van der Waals surface area contributed by atoms with E-state index in [-0.39, 0.29) is 0 Å². The van der Waals surface area contributed by atoms with Crippen molar-refractivity contribution in [2.75, 3.05) is 0 Å². The third kappa shape index (κ3) is 2.90. The fraction of sp³-hybridized carbons (Fsp3) is 0. The van der Waals surface area contributed by atoms with Gasteiger partial charge in [0.1, 0.15) is 0 Å². The fourth-order valence-electron chi connectivity index (χ4n) is 2.66. The second-order valence-corrected chi connectivity index (χ2v) is 5.41. The van der Waals surface area contributed by atoms with Crippen molar-refractivity contribution >= 4 is 0 Å². The maximum atomic E-state index is 4.20. The van der Waals surface area contributed by atoms with Crippen LogP contribution in [0.1, 0.15) is 0 Å². The van der Waals surface area contributed by atoms with Crippen molar-refractivity contribution in [2.24, 2.45) is 0 Å². The molecule has 0 saturated heterocycles. The summed E-state index contributed by atoms with van der Waals surface area (Å²) in [5, 5.41) is 11.5. The molecule has 0 aliphatic carbocycles. The Balaban J connectivity index is 1.75. The van der Waals surface area contributed by atoms with Crippen molar-refractivity contribution in [3.63, 3.8) is 0 Å². The lowest BCUT2D eigenvalue weighted by Gasteiger charge is -2.07. The average Bonchev–Trinajstić information content (AvgIpc) is 2.70. The van der Waals surface area contributed by atoms with E-state index in [1.807, 2.05) is 30.5 Å². The molecule has 4 aromatic rings. The molecule has 0 bridgehead atoms. The van der Waals surface area contributed by atoms with E-state index in [4.69, 9.17) is 0 Å². The fourth-order valence-corrected chi connectivity index (χ4v) is 2.66. The van der Waals surface area contributed by atoms with Gasteiger partial charge >= 0.3 is 0 Å². The van der Waals surface area contributed by atoms with Crippen molar-refractivity contribution in [3.05, 3.63) is 85.3 Å². The number of nitrogens with zero attached hydrogens (tertiary/aromatic N) is 4. The Morgan fingerprint density at radius 1 is 0.583 bits per heavy atom. The molecule has 0 aliphatic rings. The van der Waals surface area contributed by atoms with Gasteiger partial charge in [0.15, 0.2) is 0 Å². The molecule has 2 heterocycles. The number of pyridine rings is 1. The lowest BCUT2D eigenvalue weighted by Crippen LogP contribution is -1.89. The maximum Gasteiger partial charge on any atom is 0.0963 e. The summed E-state index contributed by atoms with van der Waals surface area (Å²) in [6.07, 6.45) is 5.31. The van der Waals surface area contributed by atoms with E-state index in [2.05, 4.69) is 62.9 Å². The van der Waals surface area contributed by atoms with Gasteiger partial charge in [0, 0.05) is 23.5 Å². The number of hydrogen-bond acceptors (Lipinski definition) is 4. The van der Waals surface area contributed by atoms with Crippen LogP contribution in [-0.2, 0) is 0 Å². The molecule has 2 aromatic heterocycles. The predicted octanol–water partition coefficient (Wildman–Crippen LogP) is 4.27. The van der Waals surface area contributed by atoms with E-state index in [0.717, 1.165) is 33.5 Å². The normalized spacial score (nSPS) is 10.5. The minimum Gasteiger partial charge on any atom is -0.264 e. The smallest absolute Gasteiger partial charge is 0.0963 e. The topological polar surface area (TPSA) is 51.6 Å². The Bertz CT molecular complexity index is 872. The number of rotatable bonds is 3. The molecule has 0 amide bonds. The van der Waals surface area contributed by atoms with Crippen molar-refractivity contribution in [2.45, 2.75) is 0 Å². The zero-order valence-electron chi connectivity index (χ0n) is 12.9. The zero-order valence-corrected chi connectivity index (χ0v) is 12.9. The summed E-state index contributed by atoms with van der Waals surface area (Å²) in [4.78, 5) is 4.20. The van der Waals surface area contributed by atoms with Gasteiger partial charge in [0.25, 0.3) is 0 Å². The SMILES string of the molecule is c1cncc(-c2cccc(-c3cccc(-c4ccnnn4)c3)c2)c1. The molecule has 4 nitrogen and oxygen atoms in total. The minimum absolute atomic E-state index is 0.815. The van der Waals surface area contributed by atoms with Crippen LogP contribution in [0.3, 0.4) is 0 Å². The number of aromatic nitrogens is 4. The van der Waals surface area contributed by atoms with E-state index >= 15 is 0 Å². The minimum atomic E-state index is 0.815. The van der Waals surface area contributed by atoms with E-state index < -0.39 is 0 Å². The molecule has 0 saturated carbocycles. The van der Waals surface area contributed by atoms with Crippen LogP contribution in [0.2, 0.25) is 0 Å². The Kier molecular flexibility index (Phi) is 3.78. The van der Waals surface area contributed by atoms with Crippen LogP contribution in [0.25, 0.3) is 33.5 Å². The second kappa shape index (κ2) is 6.38. The van der Waals surface area contributed by atoms with Crippen molar-refractivity contribution in [1.29, 1.82) is 0 Å². The van der Waals surface area contributed by atoms with Gasteiger partial charge in [0.2, 0.25) is 0 Å². The first-order valence-electron chi connectivity index (χ1n) is 7.66. The molecule has 2 aromatic carbocycles. The highest BCUT2D eigenvalue weighted by Gasteiger charge is 2.05. The van der Waals surface area contributed by atoms with Crippen molar-refractivity contribution in [3.8, 4) is 33.5 Å². The van der Waals surface area contributed by atoms with Gasteiger partial charge in [-0.25, -0.2) is 0 Å². The van der Waals surface area contributed by atoms with Crippen molar-refractivity contribution < 1.29 is 0 Å². The quantitative estimate of drug-likeness (QED) is 0.567. The van der Waals surface area contributed by atoms with E-state index in [1.165, 1.54) is 0 Å². The van der Waals surface area contributed by atoms with Crippen LogP contribution in [0.4, 0.5) is 0 Å². The third-order valence-corrected chi connectivity index (χ3v) is 3.85. The molecular formula is C20H14N4. The van der Waals surface area contributed by atoms with Gasteiger partial charge in [-0.2, -0.15) is 0 Å². The molecule has 0 fully saturated rings. The maximum absolute atomic E-state index is 4.20. The Labute approximate surface area is 139 Å². The zero-order chi connectivity index (χ0) is 16.2. The molecule has 0 unspecified atom stereocenters. The Morgan fingerprint density at radius 3 is 1.92 bits per heavy atom. The van der Waals surface area contributed by atoms with Crippen LogP contribution >= 0.6 is 0 Å². The van der Waals surface area contributed by atoms with Crippen LogP contribution < -0.4 is 0 Å². The Morgan fingerprint density at radius 2 is 1.25 bits per heavy atom. The average molecular weight is 310 g/mol. The summed E-state index contributed by atoms with van der Waals surface area (Å²) in [5.41, 5.74) is 6.38. The third-order valence-electron chi connectivity index (χ3n) is 3.85. The monoisotopic (exact) mass is 310 g/mol. The highest BCUT2D eigenvalue weighted by atomic mass is 15.3. The summed E-state index contributed by atoms with van der Waals surface area (Å²) >= 11 is 0. The summed E-state index contributed by atoms with van der Waals surface area (Å²) in [6.45, 7) is 0. The first-order valence-corrected chi connectivity index (χ1v) is 7.66. The van der Waals surface area contributed by atoms with Gasteiger partial charge < -0.3 is 0 Å². The summed E-state index contributed by atoms with van der Waals surface area (Å²) in [5.74, 6) is 0. The van der Waals surface area contributed by atoms with Crippen LogP contribution in [0.15, 0.2) is 85.3 Å². The predicted molar refractivity (Wildman–Crippen MR) is 93.9 cm³/mol. The molecule has 0 N–H and O–H groups in total. The second-order valence-electron chi connectivity index (χ2n) is 5.41. The summed E-state index contributed by atoms with van der Waals surface area (Å²) in [6, 6.07) is 22.6. The van der Waals surface area contributed by atoms with E-state index in [1.54, 1.807) is 12.4 Å². The lowest BCUT2D eigenvalue weighted by molar-refractivity contribution is 0.870. The van der Waals surface area contributed by atoms with Crippen LogP contribution in [-0.4, -0.2) is 20.4 Å². The van der Waals surface area contributed by atoms with Gasteiger partial charge in [-0.3, -0.25) is 4.98 Å². The van der Waals surface area contributed by atoms with Gasteiger partial charge in [-0.05, 0) is 46.2 Å². The standard InChI is InChI=1S/C20H14N4/c1-4-15(12-17(6-1)19-8-3-10-21-14-19)16-5-2-7-18(13-16)20-9-11-22-24-23-20/h1-14H. The van der Waals surface area contributed by atoms with Crippen LogP contribution in [0, 0.1) is 0 Å². The van der Waals surface area contributed by atoms with Gasteiger partial charge in [-0.1, -0.05) is 42.5 Å². The molecule has 0 radical (unpaired) electrons. The van der Waals surface area contributed by atoms with Gasteiger partial charge in [0.05, 0.1) is 11.9 Å². The molecular weight excluding hydrogens is 296 g/mol. The molecule has 0 atom stereocenters. The summed E-state index contributed by atoms with van der Waals surface area (Å²) < 4.78 is 0. The molecule has 0 spiro atoms. The molecule has 24 heavy (non-hydrogen) atoms. The highest BCUT2D eigenvalue weighted by molar-refractivity contribution is 5.75. The highest BCUT2D eigenvalue weighted by Crippen LogP contribution is 2.28. The van der Waals surface area contributed by atoms with E-state index in [9.17, 15) is 0 Å².